The van der Waals surface area contributed by atoms with Gasteiger partial charge in [0.1, 0.15) is 4.34 Å². The molecule has 2 rings (SSSR count). The van der Waals surface area contributed by atoms with E-state index < -0.39 is 0 Å². The third-order valence-electron chi connectivity index (χ3n) is 1.80. The van der Waals surface area contributed by atoms with Gasteiger partial charge in [0.15, 0.2) is 0 Å². The lowest BCUT2D eigenvalue weighted by molar-refractivity contribution is 1.05. The minimum atomic E-state index is 0.706. The number of hydrogen-bond acceptors (Lipinski definition) is 3. The van der Waals surface area contributed by atoms with Crippen molar-refractivity contribution in [2.75, 3.05) is 5.32 Å². The Bertz CT molecular complexity index is 400. The highest BCUT2D eigenvalue weighted by Gasteiger charge is 2.00. The van der Waals surface area contributed by atoms with Crippen LogP contribution in [0.5, 0.6) is 0 Å². The summed E-state index contributed by atoms with van der Waals surface area (Å²) in [6.45, 7) is 0.706. The van der Waals surface area contributed by atoms with Crippen molar-refractivity contribution in [1.29, 1.82) is 0 Å². The Morgan fingerprint density at radius 2 is 2.29 bits per heavy atom. The van der Waals surface area contributed by atoms with Crippen LogP contribution >= 0.6 is 22.9 Å². The van der Waals surface area contributed by atoms with Gasteiger partial charge < -0.3 is 5.32 Å². The first-order valence-electron chi connectivity index (χ1n) is 4.23. The lowest BCUT2D eigenvalue weighted by Gasteiger charge is -2.03. The Labute approximate surface area is 91.6 Å². The normalized spacial score (nSPS) is 10.1. The van der Waals surface area contributed by atoms with Crippen molar-refractivity contribution in [1.82, 2.24) is 4.98 Å². The average molecular weight is 225 g/mol. The van der Waals surface area contributed by atoms with Gasteiger partial charge in [-0.15, -0.1) is 11.3 Å². The van der Waals surface area contributed by atoms with E-state index in [1.165, 1.54) is 11.3 Å². The van der Waals surface area contributed by atoms with Gasteiger partial charge in [0.2, 0.25) is 0 Å². The van der Waals surface area contributed by atoms with E-state index in [4.69, 9.17) is 11.6 Å². The number of nitrogens with one attached hydrogen (secondary N) is 1. The number of hydrogen-bond donors (Lipinski definition) is 1. The van der Waals surface area contributed by atoms with Crippen molar-refractivity contribution in [2.45, 2.75) is 6.54 Å². The van der Waals surface area contributed by atoms with Gasteiger partial charge >= 0.3 is 0 Å². The van der Waals surface area contributed by atoms with Crippen LogP contribution < -0.4 is 5.32 Å². The first-order valence-corrected chi connectivity index (χ1v) is 5.49. The van der Waals surface area contributed by atoms with Gasteiger partial charge in [-0.3, -0.25) is 4.98 Å². The Hall–Kier alpha value is -1.06. The summed E-state index contributed by atoms with van der Waals surface area (Å²) in [7, 11) is 0. The summed E-state index contributed by atoms with van der Waals surface area (Å²) in [4.78, 5) is 4.21. The Balaban J connectivity index is 1.99. The highest BCUT2D eigenvalue weighted by molar-refractivity contribution is 7.15. The van der Waals surface area contributed by atoms with E-state index in [9.17, 15) is 0 Å². The van der Waals surface area contributed by atoms with Crippen LogP contribution in [0.25, 0.3) is 0 Å². The first kappa shape index (κ1) is 9.49. The topological polar surface area (TPSA) is 24.9 Å². The summed E-state index contributed by atoms with van der Waals surface area (Å²) in [5.74, 6) is 0. The summed E-state index contributed by atoms with van der Waals surface area (Å²) in [5.41, 5.74) is 1.98. The second-order valence-electron chi connectivity index (χ2n) is 2.78. The monoisotopic (exact) mass is 224 g/mol. The van der Waals surface area contributed by atoms with Crippen molar-refractivity contribution in [3.8, 4) is 0 Å². The number of rotatable bonds is 3. The second kappa shape index (κ2) is 4.44. The van der Waals surface area contributed by atoms with Crippen molar-refractivity contribution in [3.05, 3.63) is 45.9 Å². The lowest BCUT2D eigenvalue weighted by Crippen LogP contribution is -2.00. The molecule has 0 radical (unpaired) electrons. The van der Waals surface area contributed by atoms with Crippen LogP contribution in [0.4, 0.5) is 5.69 Å². The number of nitrogens with zero attached hydrogens (tertiary/aromatic N) is 1. The lowest BCUT2D eigenvalue weighted by atomic mass is 10.3. The largest absolute Gasteiger partial charge is 0.377 e. The van der Waals surface area contributed by atoms with Gasteiger partial charge in [0.25, 0.3) is 0 Å². The van der Waals surface area contributed by atoms with Crippen molar-refractivity contribution >= 4 is 28.6 Å². The molecule has 0 fully saturated rings. The summed E-state index contributed by atoms with van der Waals surface area (Å²) in [6, 6.07) is 7.82. The van der Waals surface area contributed by atoms with Crippen molar-refractivity contribution in [3.63, 3.8) is 0 Å². The first-order chi connectivity index (χ1) is 6.86. The second-order valence-corrected chi connectivity index (χ2v) is 4.30. The molecule has 0 amide bonds. The highest BCUT2D eigenvalue weighted by atomic mass is 35.5. The molecule has 0 aromatic carbocycles. The van der Waals surface area contributed by atoms with Gasteiger partial charge in [-0.25, -0.2) is 0 Å². The predicted octanol–water partition coefficient (Wildman–Crippen LogP) is 3.41. The van der Waals surface area contributed by atoms with Gasteiger partial charge in [-0.1, -0.05) is 17.7 Å². The fraction of sp³-hybridized carbons (Fsp3) is 0.100. The fourth-order valence-electron chi connectivity index (χ4n) is 1.11. The summed E-state index contributed by atoms with van der Waals surface area (Å²) >= 11 is 7.46. The molecular formula is C10H9ClN2S. The molecule has 2 heterocycles. The van der Waals surface area contributed by atoms with E-state index in [1.54, 1.807) is 6.20 Å². The number of anilines is 1. The molecule has 0 aliphatic rings. The summed E-state index contributed by atoms with van der Waals surface area (Å²) in [5, 5.41) is 5.19. The SMILES string of the molecule is Clc1sccc1NCc1ccccn1. The summed E-state index contributed by atoms with van der Waals surface area (Å²) in [6.07, 6.45) is 1.78. The predicted molar refractivity (Wildman–Crippen MR) is 60.9 cm³/mol. The molecule has 0 saturated carbocycles. The third-order valence-corrected chi connectivity index (χ3v) is 2.97. The maximum absolute atomic E-state index is 5.94. The molecular weight excluding hydrogens is 216 g/mol. The number of halogens is 1. The molecule has 14 heavy (non-hydrogen) atoms. The van der Waals surface area contributed by atoms with Crippen LogP contribution in [-0.2, 0) is 6.54 Å². The fourth-order valence-corrected chi connectivity index (χ4v) is 1.98. The van der Waals surface area contributed by atoms with E-state index in [0.29, 0.717) is 6.54 Å². The van der Waals surface area contributed by atoms with E-state index >= 15 is 0 Å². The number of pyridine rings is 1. The van der Waals surface area contributed by atoms with Gasteiger partial charge in [0.05, 0.1) is 17.9 Å². The van der Waals surface area contributed by atoms with E-state index in [1.807, 2.05) is 29.6 Å². The number of thiophene rings is 1. The zero-order chi connectivity index (χ0) is 9.80. The van der Waals surface area contributed by atoms with Crippen LogP contribution in [0, 0.1) is 0 Å². The molecule has 0 saturated heterocycles. The molecule has 0 aliphatic carbocycles. The molecule has 4 heteroatoms. The van der Waals surface area contributed by atoms with Crippen LogP contribution in [0.15, 0.2) is 35.8 Å². The zero-order valence-corrected chi connectivity index (χ0v) is 8.98. The Morgan fingerprint density at radius 3 is 2.93 bits per heavy atom. The van der Waals surface area contributed by atoms with Gasteiger partial charge in [-0.05, 0) is 23.6 Å². The van der Waals surface area contributed by atoms with Crippen LogP contribution in [0.1, 0.15) is 5.69 Å². The molecule has 0 aliphatic heterocycles. The van der Waals surface area contributed by atoms with Crippen LogP contribution in [0.3, 0.4) is 0 Å². The molecule has 0 unspecified atom stereocenters. The maximum Gasteiger partial charge on any atom is 0.116 e. The van der Waals surface area contributed by atoms with Crippen molar-refractivity contribution < 1.29 is 0 Å². The highest BCUT2D eigenvalue weighted by Crippen LogP contribution is 2.27. The van der Waals surface area contributed by atoms with E-state index in [2.05, 4.69) is 10.3 Å². The number of aromatic nitrogens is 1. The molecule has 72 valence electrons. The average Bonchev–Trinajstić information content (AvgIpc) is 2.63. The minimum Gasteiger partial charge on any atom is -0.377 e. The molecule has 2 nitrogen and oxygen atoms in total. The molecule has 0 atom stereocenters. The van der Waals surface area contributed by atoms with Crippen LogP contribution in [-0.4, -0.2) is 4.98 Å². The molecule has 2 aromatic heterocycles. The minimum absolute atomic E-state index is 0.706. The molecule has 0 bridgehead atoms. The smallest absolute Gasteiger partial charge is 0.116 e. The van der Waals surface area contributed by atoms with E-state index in [0.717, 1.165) is 15.7 Å². The zero-order valence-electron chi connectivity index (χ0n) is 7.40. The van der Waals surface area contributed by atoms with Crippen LogP contribution in [0.2, 0.25) is 4.34 Å². The maximum atomic E-state index is 5.94. The standard InChI is InChI=1S/C10H9ClN2S/c11-10-9(4-6-14-10)13-7-8-3-1-2-5-12-8/h1-6,13H,7H2. The molecule has 2 aromatic rings. The molecule has 1 N–H and O–H groups in total. The Kier molecular flexibility index (Phi) is 3.01. The third kappa shape index (κ3) is 2.25. The molecule has 0 spiro atoms. The van der Waals surface area contributed by atoms with Crippen molar-refractivity contribution in [2.24, 2.45) is 0 Å². The van der Waals surface area contributed by atoms with Gasteiger partial charge in [0, 0.05) is 6.20 Å². The van der Waals surface area contributed by atoms with E-state index in [-0.39, 0.29) is 0 Å². The quantitative estimate of drug-likeness (QED) is 0.865. The Morgan fingerprint density at radius 1 is 1.36 bits per heavy atom. The summed E-state index contributed by atoms with van der Waals surface area (Å²) < 4.78 is 0.793. The van der Waals surface area contributed by atoms with Gasteiger partial charge in [-0.2, -0.15) is 0 Å².